The zero-order chi connectivity index (χ0) is 12.6. The number of nitrogens with one attached hydrogen (secondary N) is 1. The number of fused-ring (bicyclic) bond motifs is 1. The van der Waals surface area contributed by atoms with E-state index in [0.29, 0.717) is 11.6 Å². The summed E-state index contributed by atoms with van der Waals surface area (Å²) in [6, 6.07) is 5.33. The summed E-state index contributed by atoms with van der Waals surface area (Å²) < 4.78 is 0. The Morgan fingerprint density at radius 2 is 2.18 bits per heavy atom. The van der Waals surface area contributed by atoms with Crippen molar-refractivity contribution in [1.29, 1.82) is 0 Å². The number of aromatic carboxylic acids is 1. The number of aromatic nitrogens is 1. The van der Waals surface area contributed by atoms with Crippen LogP contribution in [0.3, 0.4) is 0 Å². The predicted octanol–water partition coefficient (Wildman–Crippen LogP) is 2.58. The molecule has 0 fully saturated rings. The highest BCUT2D eigenvalue weighted by Crippen LogP contribution is 2.26. The van der Waals surface area contributed by atoms with Crippen molar-refractivity contribution in [1.82, 2.24) is 9.88 Å². The van der Waals surface area contributed by atoms with Crippen LogP contribution in [-0.4, -0.2) is 35.1 Å². The maximum absolute atomic E-state index is 11.2. The zero-order valence-corrected chi connectivity index (χ0v) is 10.4. The molecule has 2 aromatic rings. The molecule has 0 radical (unpaired) electrons. The minimum absolute atomic E-state index is 0.232. The molecular weight excluding hydrogens is 240 g/mol. The standard InChI is InChI=1S/C12H13ClN2O2/c1-15(2)6-9-8-5-7(13)3-4-10(8)14-11(9)12(16)17/h3-5,14H,6H2,1-2H3,(H,16,17). The fourth-order valence-electron chi connectivity index (χ4n) is 1.88. The van der Waals surface area contributed by atoms with Crippen LogP contribution in [0.25, 0.3) is 10.9 Å². The number of rotatable bonds is 3. The third-order valence-corrected chi connectivity index (χ3v) is 2.79. The normalized spacial score (nSPS) is 11.3. The molecule has 17 heavy (non-hydrogen) atoms. The molecule has 0 bridgehead atoms. The largest absolute Gasteiger partial charge is 0.477 e. The number of carbonyl (C=O) groups is 1. The summed E-state index contributed by atoms with van der Waals surface area (Å²) in [4.78, 5) is 16.0. The molecule has 5 heteroatoms. The lowest BCUT2D eigenvalue weighted by Gasteiger charge is -2.09. The van der Waals surface area contributed by atoms with Crippen LogP contribution in [0.15, 0.2) is 18.2 Å². The predicted molar refractivity (Wildman–Crippen MR) is 67.7 cm³/mol. The molecule has 0 aliphatic carbocycles. The number of nitrogens with zero attached hydrogens (tertiary/aromatic N) is 1. The van der Waals surface area contributed by atoms with Gasteiger partial charge in [-0.05, 0) is 32.3 Å². The van der Waals surface area contributed by atoms with Gasteiger partial charge in [-0.1, -0.05) is 11.6 Å². The van der Waals surface area contributed by atoms with Crippen molar-refractivity contribution < 1.29 is 9.90 Å². The number of H-pyrrole nitrogens is 1. The number of aromatic amines is 1. The van der Waals surface area contributed by atoms with Gasteiger partial charge in [-0.2, -0.15) is 0 Å². The van der Waals surface area contributed by atoms with Gasteiger partial charge in [-0.15, -0.1) is 0 Å². The molecule has 0 aliphatic rings. The highest BCUT2D eigenvalue weighted by atomic mass is 35.5. The highest BCUT2D eigenvalue weighted by Gasteiger charge is 2.17. The van der Waals surface area contributed by atoms with E-state index in [-0.39, 0.29) is 5.69 Å². The maximum atomic E-state index is 11.2. The Balaban J connectivity index is 2.68. The molecule has 0 spiro atoms. The summed E-state index contributed by atoms with van der Waals surface area (Å²) in [6.45, 7) is 0.558. The first-order chi connectivity index (χ1) is 7.99. The van der Waals surface area contributed by atoms with Gasteiger partial charge in [0.15, 0.2) is 0 Å². The molecule has 0 saturated carbocycles. The summed E-state index contributed by atoms with van der Waals surface area (Å²) in [7, 11) is 3.80. The molecule has 1 heterocycles. The third kappa shape index (κ3) is 2.28. The van der Waals surface area contributed by atoms with Crippen molar-refractivity contribution in [2.24, 2.45) is 0 Å². The number of hydrogen-bond donors (Lipinski definition) is 2. The Kier molecular flexibility index (Phi) is 3.09. The minimum Gasteiger partial charge on any atom is -0.477 e. The van der Waals surface area contributed by atoms with E-state index in [0.717, 1.165) is 16.5 Å². The summed E-state index contributed by atoms with van der Waals surface area (Å²) in [5.41, 5.74) is 1.79. The van der Waals surface area contributed by atoms with E-state index >= 15 is 0 Å². The van der Waals surface area contributed by atoms with Crippen molar-refractivity contribution in [3.8, 4) is 0 Å². The number of carboxylic acid groups (broad SMARTS) is 1. The lowest BCUT2D eigenvalue weighted by molar-refractivity contribution is 0.0689. The third-order valence-electron chi connectivity index (χ3n) is 2.56. The monoisotopic (exact) mass is 252 g/mol. The lowest BCUT2D eigenvalue weighted by atomic mass is 10.1. The molecule has 0 amide bonds. The van der Waals surface area contributed by atoms with Crippen LogP contribution >= 0.6 is 11.6 Å². The van der Waals surface area contributed by atoms with Gasteiger partial charge in [0.05, 0.1) is 0 Å². The van der Waals surface area contributed by atoms with Crippen molar-refractivity contribution >= 4 is 28.5 Å². The second kappa shape index (κ2) is 4.39. The Morgan fingerprint density at radius 1 is 1.47 bits per heavy atom. The first-order valence-electron chi connectivity index (χ1n) is 5.17. The van der Waals surface area contributed by atoms with Crippen LogP contribution in [0.2, 0.25) is 5.02 Å². The Labute approximate surface area is 104 Å². The van der Waals surface area contributed by atoms with Crippen LogP contribution in [0, 0.1) is 0 Å². The van der Waals surface area contributed by atoms with Gasteiger partial charge in [0.1, 0.15) is 5.69 Å². The van der Waals surface area contributed by atoms with Crippen LogP contribution < -0.4 is 0 Å². The fraction of sp³-hybridized carbons (Fsp3) is 0.250. The maximum Gasteiger partial charge on any atom is 0.352 e. The van der Waals surface area contributed by atoms with Crippen LogP contribution in [0.1, 0.15) is 16.1 Å². The fourth-order valence-corrected chi connectivity index (χ4v) is 2.06. The average molecular weight is 253 g/mol. The molecule has 2 rings (SSSR count). The van der Waals surface area contributed by atoms with Crippen LogP contribution in [0.4, 0.5) is 0 Å². The van der Waals surface area contributed by atoms with Crippen LogP contribution in [-0.2, 0) is 6.54 Å². The lowest BCUT2D eigenvalue weighted by Crippen LogP contribution is -2.13. The Morgan fingerprint density at radius 3 is 2.76 bits per heavy atom. The second-order valence-corrected chi connectivity index (χ2v) is 4.65. The quantitative estimate of drug-likeness (QED) is 0.883. The van der Waals surface area contributed by atoms with E-state index in [9.17, 15) is 4.79 Å². The van der Waals surface area contributed by atoms with Crippen LogP contribution in [0.5, 0.6) is 0 Å². The molecule has 0 saturated heterocycles. The van der Waals surface area contributed by atoms with E-state index in [4.69, 9.17) is 16.7 Å². The summed E-state index contributed by atoms with van der Waals surface area (Å²) in [5, 5.41) is 10.6. The number of hydrogen-bond acceptors (Lipinski definition) is 2. The van der Waals surface area contributed by atoms with Crippen molar-refractivity contribution in [2.75, 3.05) is 14.1 Å². The highest BCUT2D eigenvalue weighted by molar-refractivity contribution is 6.31. The first-order valence-corrected chi connectivity index (χ1v) is 5.55. The van der Waals surface area contributed by atoms with E-state index < -0.39 is 5.97 Å². The van der Waals surface area contributed by atoms with Crippen molar-refractivity contribution in [3.63, 3.8) is 0 Å². The smallest absolute Gasteiger partial charge is 0.352 e. The summed E-state index contributed by atoms with van der Waals surface area (Å²) in [5.74, 6) is -0.950. The second-order valence-electron chi connectivity index (χ2n) is 4.21. The zero-order valence-electron chi connectivity index (χ0n) is 9.62. The summed E-state index contributed by atoms with van der Waals surface area (Å²) in [6.07, 6.45) is 0. The van der Waals surface area contributed by atoms with Gasteiger partial charge in [-0.25, -0.2) is 4.79 Å². The average Bonchev–Trinajstić information content (AvgIpc) is 2.56. The van der Waals surface area contributed by atoms with E-state index in [1.807, 2.05) is 19.0 Å². The Bertz CT molecular complexity index is 575. The molecule has 1 aromatic heterocycles. The molecule has 2 N–H and O–H groups in total. The van der Waals surface area contributed by atoms with Gasteiger partial charge >= 0.3 is 5.97 Å². The topological polar surface area (TPSA) is 56.3 Å². The van der Waals surface area contributed by atoms with Crippen molar-refractivity contribution in [3.05, 3.63) is 34.5 Å². The Hall–Kier alpha value is -1.52. The SMILES string of the molecule is CN(C)Cc1c(C(=O)O)[nH]c2ccc(Cl)cc12. The molecule has 0 atom stereocenters. The molecule has 0 aliphatic heterocycles. The summed E-state index contributed by atoms with van der Waals surface area (Å²) >= 11 is 5.94. The van der Waals surface area contributed by atoms with Gasteiger partial charge in [0, 0.05) is 28.0 Å². The molecule has 1 aromatic carbocycles. The molecule has 0 unspecified atom stereocenters. The number of halogens is 1. The molecule has 90 valence electrons. The van der Waals surface area contributed by atoms with Gasteiger partial charge in [0.2, 0.25) is 0 Å². The first kappa shape index (κ1) is 12.0. The van der Waals surface area contributed by atoms with Gasteiger partial charge in [-0.3, -0.25) is 0 Å². The van der Waals surface area contributed by atoms with Crippen molar-refractivity contribution in [2.45, 2.75) is 6.54 Å². The van der Waals surface area contributed by atoms with Gasteiger partial charge in [0.25, 0.3) is 0 Å². The van der Waals surface area contributed by atoms with E-state index in [1.165, 1.54) is 0 Å². The van der Waals surface area contributed by atoms with E-state index in [2.05, 4.69) is 4.98 Å². The molecular formula is C12H13ClN2O2. The molecule has 4 nitrogen and oxygen atoms in total. The number of benzene rings is 1. The van der Waals surface area contributed by atoms with Gasteiger partial charge < -0.3 is 15.0 Å². The van der Waals surface area contributed by atoms with E-state index in [1.54, 1.807) is 18.2 Å². The number of carboxylic acids is 1. The minimum atomic E-state index is -0.950.